The lowest BCUT2D eigenvalue weighted by atomic mass is 9.95. The lowest BCUT2D eigenvalue weighted by Gasteiger charge is -2.27. The maximum absolute atomic E-state index is 13.1. The fourth-order valence-corrected chi connectivity index (χ4v) is 3.85. The summed E-state index contributed by atoms with van der Waals surface area (Å²) in [5.41, 5.74) is 1.11. The highest BCUT2D eigenvalue weighted by Crippen LogP contribution is 2.42. The van der Waals surface area contributed by atoms with E-state index in [1.165, 1.54) is 12.0 Å². The Labute approximate surface area is 200 Å². The first kappa shape index (κ1) is 25.1. The SMILES string of the molecule is CCCOc1ccc([C@H]2/C(=C(\O)c3ccc(OC)cc3)C(=O)C(=O)N2CCN(C)C)cc1OC. The van der Waals surface area contributed by atoms with E-state index in [1.54, 1.807) is 49.6 Å². The molecule has 1 N–H and O–H groups in total. The Kier molecular flexibility index (Phi) is 8.17. The molecule has 0 spiro atoms. The molecule has 2 aromatic carbocycles. The number of hydrogen-bond acceptors (Lipinski definition) is 7. The van der Waals surface area contributed by atoms with E-state index < -0.39 is 17.7 Å². The molecular formula is C26H32N2O6. The zero-order valence-electron chi connectivity index (χ0n) is 20.3. The van der Waals surface area contributed by atoms with Crippen molar-refractivity contribution in [2.45, 2.75) is 19.4 Å². The van der Waals surface area contributed by atoms with Crippen molar-refractivity contribution in [3.05, 3.63) is 59.2 Å². The number of ketones is 1. The number of aliphatic hydroxyl groups is 1. The molecule has 2 aromatic rings. The van der Waals surface area contributed by atoms with Crippen molar-refractivity contribution < 1.29 is 28.9 Å². The summed E-state index contributed by atoms with van der Waals surface area (Å²) in [5.74, 6) is 0.0900. The first-order valence-electron chi connectivity index (χ1n) is 11.2. The molecule has 3 rings (SSSR count). The summed E-state index contributed by atoms with van der Waals surface area (Å²) >= 11 is 0. The summed E-state index contributed by atoms with van der Waals surface area (Å²) in [7, 11) is 6.88. The number of nitrogens with zero attached hydrogens (tertiary/aromatic N) is 2. The average Bonchev–Trinajstić information content (AvgIpc) is 3.10. The van der Waals surface area contributed by atoms with Crippen LogP contribution >= 0.6 is 0 Å². The third-order valence-electron chi connectivity index (χ3n) is 5.66. The topological polar surface area (TPSA) is 88.5 Å². The highest BCUT2D eigenvalue weighted by molar-refractivity contribution is 6.46. The minimum atomic E-state index is -0.767. The minimum Gasteiger partial charge on any atom is -0.507 e. The van der Waals surface area contributed by atoms with Crippen LogP contribution in [-0.2, 0) is 9.59 Å². The van der Waals surface area contributed by atoms with Crippen LogP contribution in [0.3, 0.4) is 0 Å². The second-order valence-electron chi connectivity index (χ2n) is 8.28. The molecule has 0 aliphatic carbocycles. The molecule has 182 valence electrons. The Hall–Kier alpha value is -3.52. The first-order valence-corrected chi connectivity index (χ1v) is 11.2. The maximum atomic E-state index is 13.1. The highest BCUT2D eigenvalue weighted by Gasteiger charge is 2.46. The lowest BCUT2D eigenvalue weighted by molar-refractivity contribution is -0.140. The standard InChI is InChI=1S/C26H32N2O6/c1-6-15-34-20-12-9-18(16-21(20)33-5)23-22(24(29)17-7-10-19(32-4)11-8-17)25(30)26(31)28(23)14-13-27(2)3/h7-12,16,23,29H,6,13-15H2,1-5H3/b24-22+/t23-/m0/s1. The molecule has 0 radical (unpaired) electrons. The normalized spacial score (nSPS) is 17.4. The van der Waals surface area contributed by atoms with Gasteiger partial charge in [-0.05, 0) is 62.5 Å². The molecule has 1 saturated heterocycles. The van der Waals surface area contributed by atoms with Crippen LogP contribution in [0.25, 0.3) is 5.76 Å². The van der Waals surface area contributed by atoms with Gasteiger partial charge in [-0.25, -0.2) is 0 Å². The Morgan fingerprint density at radius 1 is 1.03 bits per heavy atom. The second kappa shape index (κ2) is 11.1. The van der Waals surface area contributed by atoms with Gasteiger partial charge in [0.15, 0.2) is 11.5 Å². The van der Waals surface area contributed by atoms with Gasteiger partial charge in [0, 0.05) is 18.7 Å². The molecule has 0 bridgehead atoms. The van der Waals surface area contributed by atoms with E-state index in [4.69, 9.17) is 14.2 Å². The summed E-state index contributed by atoms with van der Waals surface area (Å²) in [4.78, 5) is 29.6. The largest absolute Gasteiger partial charge is 0.507 e. The highest BCUT2D eigenvalue weighted by atomic mass is 16.5. The number of amides is 1. The van der Waals surface area contributed by atoms with Crippen molar-refractivity contribution in [3.8, 4) is 17.2 Å². The minimum absolute atomic E-state index is 0.0400. The quantitative estimate of drug-likeness (QED) is 0.324. The second-order valence-corrected chi connectivity index (χ2v) is 8.28. The molecule has 0 aromatic heterocycles. The van der Waals surface area contributed by atoms with Gasteiger partial charge in [0.1, 0.15) is 11.5 Å². The van der Waals surface area contributed by atoms with E-state index >= 15 is 0 Å². The summed E-state index contributed by atoms with van der Waals surface area (Å²) in [6, 6.07) is 11.2. The summed E-state index contributed by atoms with van der Waals surface area (Å²) < 4.78 is 16.5. The number of ether oxygens (including phenoxy) is 3. The maximum Gasteiger partial charge on any atom is 0.295 e. The molecule has 1 aliphatic rings. The number of carbonyl (C=O) groups excluding carboxylic acids is 2. The van der Waals surface area contributed by atoms with Crippen LogP contribution in [0.5, 0.6) is 17.2 Å². The van der Waals surface area contributed by atoms with Crippen LogP contribution in [0.1, 0.15) is 30.5 Å². The van der Waals surface area contributed by atoms with E-state index in [2.05, 4.69) is 0 Å². The number of aliphatic hydroxyl groups excluding tert-OH is 1. The molecule has 34 heavy (non-hydrogen) atoms. The smallest absolute Gasteiger partial charge is 0.295 e. The summed E-state index contributed by atoms with van der Waals surface area (Å²) in [6.07, 6.45) is 0.845. The third kappa shape index (κ3) is 5.17. The summed E-state index contributed by atoms with van der Waals surface area (Å²) in [5, 5.41) is 11.2. The molecule has 8 heteroatoms. The number of likely N-dealkylation sites (tertiary alicyclic amines) is 1. The zero-order valence-corrected chi connectivity index (χ0v) is 20.3. The molecule has 8 nitrogen and oxygen atoms in total. The number of carbonyl (C=O) groups is 2. The molecule has 1 fully saturated rings. The van der Waals surface area contributed by atoms with E-state index in [-0.39, 0.29) is 11.3 Å². The van der Waals surface area contributed by atoms with Crippen LogP contribution in [0.4, 0.5) is 0 Å². The average molecular weight is 469 g/mol. The van der Waals surface area contributed by atoms with Gasteiger partial charge < -0.3 is 29.1 Å². The molecule has 1 heterocycles. The lowest BCUT2D eigenvalue weighted by Crippen LogP contribution is -2.35. The van der Waals surface area contributed by atoms with Crippen LogP contribution in [-0.4, -0.2) is 74.6 Å². The number of rotatable bonds is 10. The van der Waals surface area contributed by atoms with Crippen molar-refractivity contribution in [1.29, 1.82) is 0 Å². The van der Waals surface area contributed by atoms with Crippen LogP contribution in [0.15, 0.2) is 48.0 Å². The number of Topliss-reactive ketones (excluding diaryl/α,β-unsaturated/α-hetero) is 1. The Morgan fingerprint density at radius 2 is 1.74 bits per heavy atom. The van der Waals surface area contributed by atoms with Crippen molar-refractivity contribution >= 4 is 17.4 Å². The fraction of sp³-hybridized carbons (Fsp3) is 0.385. The van der Waals surface area contributed by atoms with Gasteiger partial charge in [0.05, 0.1) is 32.4 Å². The van der Waals surface area contributed by atoms with Crippen LogP contribution in [0, 0.1) is 0 Å². The van der Waals surface area contributed by atoms with Crippen LogP contribution < -0.4 is 14.2 Å². The molecule has 1 aliphatic heterocycles. The fourth-order valence-electron chi connectivity index (χ4n) is 3.85. The number of methoxy groups -OCH3 is 2. The molecular weight excluding hydrogens is 436 g/mol. The van der Waals surface area contributed by atoms with Gasteiger partial charge in [-0.2, -0.15) is 0 Å². The third-order valence-corrected chi connectivity index (χ3v) is 5.66. The monoisotopic (exact) mass is 468 g/mol. The van der Waals surface area contributed by atoms with Crippen molar-refractivity contribution in [1.82, 2.24) is 9.80 Å². The Morgan fingerprint density at radius 3 is 2.32 bits per heavy atom. The van der Waals surface area contributed by atoms with E-state index in [0.29, 0.717) is 48.1 Å². The van der Waals surface area contributed by atoms with Gasteiger partial charge in [-0.3, -0.25) is 9.59 Å². The molecule has 1 atom stereocenters. The van der Waals surface area contributed by atoms with Gasteiger partial charge in [-0.15, -0.1) is 0 Å². The predicted octanol–water partition coefficient (Wildman–Crippen LogP) is 3.48. The van der Waals surface area contributed by atoms with Gasteiger partial charge in [0.2, 0.25) is 0 Å². The van der Waals surface area contributed by atoms with E-state index in [1.807, 2.05) is 25.9 Å². The molecule has 0 saturated carbocycles. The van der Waals surface area contributed by atoms with Gasteiger partial charge in [0.25, 0.3) is 11.7 Å². The number of likely N-dealkylation sites (N-methyl/N-ethyl adjacent to an activating group) is 1. The molecule has 0 unspecified atom stereocenters. The summed E-state index contributed by atoms with van der Waals surface area (Å²) in [6.45, 7) is 3.42. The van der Waals surface area contributed by atoms with Crippen molar-refractivity contribution in [3.63, 3.8) is 0 Å². The number of benzene rings is 2. The number of hydrogen-bond donors (Lipinski definition) is 1. The van der Waals surface area contributed by atoms with Crippen molar-refractivity contribution in [2.75, 3.05) is 48.0 Å². The van der Waals surface area contributed by atoms with Gasteiger partial charge in [-0.1, -0.05) is 13.0 Å². The van der Waals surface area contributed by atoms with E-state index in [0.717, 1.165) is 6.42 Å². The first-order chi connectivity index (χ1) is 16.3. The van der Waals surface area contributed by atoms with Crippen molar-refractivity contribution in [2.24, 2.45) is 0 Å². The van der Waals surface area contributed by atoms with Gasteiger partial charge >= 0.3 is 0 Å². The predicted molar refractivity (Wildman–Crippen MR) is 129 cm³/mol. The molecule has 1 amide bonds. The van der Waals surface area contributed by atoms with Crippen LogP contribution in [0.2, 0.25) is 0 Å². The zero-order chi connectivity index (χ0) is 24.8. The Bertz CT molecular complexity index is 1060. The van der Waals surface area contributed by atoms with E-state index in [9.17, 15) is 14.7 Å². The Balaban J connectivity index is 2.13.